The minimum absolute atomic E-state index is 0.974. The Labute approximate surface area is 88.4 Å². The zero-order valence-corrected chi connectivity index (χ0v) is 8.27. The summed E-state index contributed by atoms with van der Waals surface area (Å²) in [4.78, 5) is 21.2. The molecule has 0 fully saturated rings. The quantitative estimate of drug-likeness (QED) is 0.599. The Hall–Kier alpha value is -1.38. The summed E-state index contributed by atoms with van der Waals surface area (Å²) in [5, 5.41) is 3.47. The fourth-order valence-electron chi connectivity index (χ4n) is 0.689. The molecule has 9 heteroatoms. The zero-order chi connectivity index (χ0) is 12.9. The minimum atomic E-state index is -4.23. The van der Waals surface area contributed by atoms with Crippen molar-refractivity contribution in [2.24, 2.45) is 5.73 Å². The molecule has 5 nitrogen and oxygen atoms in total. The molecule has 0 aliphatic rings. The fourth-order valence-corrected chi connectivity index (χ4v) is 0.689. The Morgan fingerprint density at radius 2 is 1.88 bits per heavy atom. The van der Waals surface area contributed by atoms with E-state index in [2.05, 4.69) is 5.73 Å². The second-order valence-corrected chi connectivity index (χ2v) is 3.02. The number of urea groups is 1. The molecule has 94 valence electrons. The van der Waals surface area contributed by atoms with E-state index in [0.717, 1.165) is 6.92 Å². The average Bonchev–Trinajstić information content (AvgIpc) is 2.12. The lowest BCUT2D eigenvalue weighted by Gasteiger charge is -2.18. The van der Waals surface area contributed by atoms with Gasteiger partial charge in [-0.3, -0.25) is 10.1 Å². The molecule has 1 unspecified atom stereocenters. The van der Waals surface area contributed by atoms with Gasteiger partial charge in [0.1, 0.15) is 0 Å². The number of nitrogens with one attached hydrogen (secondary N) is 2. The van der Waals surface area contributed by atoms with Gasteiger partial charge in [0.2, 0.25) is 5.91 Å². The molecule has 3 amide bonds. The molecule has 0 aliphatic heterocycles. The van der Waals surface area contributed by atoms with Gasteiger partial charge in [0.25, 0.3) is 0 Å². The molecule has 0 rings (SSSR count). The smallest absolute Gasteiger partial charge is 0.319 e. The Morgan fingerprint density at radius 3 is 2.25 bits per heavy atom. The van der Waals surface area contributed by atoms with Gasteiger partial charge in [-0.25, -0.2) is 13.6 Å². The predicted octanol–water partition coefficient (Wildman–Crippen LogP) is 0.0598. The van der Waals surface area contributed by atoms with Crippen LogP contribution in [0.15, 0.2) is 0 Å². The normalized spacial score (nSPS) is 13.6. The van der Waals surface area contributed by atoms with Crippen LogP contribution in [0.3, 0.4) is 0 Å². The zero-order valence-electron chi connectivity index (χ0n) is 8.27. The van der Waals surface area contributed by atoms with E-state index in [1.165, 1.54) is 0 Å². The van der Waals surface area contributed by atoms with Crippen LogP contribution in [0.5, 0.6) is 0 Å². The highest BCUT2D eigenvalue weighted by Gasteiger charge is 2.40. The van der Waals surface area contributed by atoms with E-state index in [-0.39, 0.29) is 0 Å². The molecular weight excluding hydrogens is 234 g/mol. The monoisotopic (exact) mass is 245 g/mol. The molecule has 0 bridgehead atoms. The lowest BCUT2D eigenvalue weighted by atomic mass is 10.2. The van der Waals surface area contributed by atoms with Crippen molar-refractivity contribution in [3.63, 3.8) is 0 Å². The number of rotatable bonds is 5. The number of alkyl halides is 4. The average molecular weight is 245 g/mol. The van der Waals surface area contributed by atoms with Crippen molar-refractivity contribution in [1.82, 2.24) is 10.6 Å². The van der Waals surface area contributed by atoms with Crippen LogP contribution in [0.25, 0.3) is 0 Å². The molecule has 0 saturated heterocycles. The highest BCUT2D eigenvalue weighted by Crippen LogP contribution is 2.21. The van der Waals surface area contributed by atoms with Crippen LogP contribution in [0.4, 0.5) is 22.4 Å². The first-order valence-electron chi connectivity index (χ1n) is 4.16. The molecule has 0 saturated carbocycles. The van der Waals surface area contributed by atoms with Crippen LogP contribution in [0.1, 0.15) is 6.92 Å². The molecule has 0 aromatic heterocycles. The van der Waals surface area contributed by atoms with E-state index in [9.17, 15) is 27.2 Å². The number of imide groups is 1. The summed E-state index contributed by atoms with van der Waals surface area (Å²) in [6, 6.07) is -2.39. The van der Waals surface area contributed by atoms with Gasteiger partial charge < -0.3 is 11.1 Å². The van der Waals surface area contributed by atoms with Crippen molar-refractivity contribution >= 4 is 11.9 Å². The summed E-state index contributed by atoms with van der Waals surface area (Å²) < 4.78 is 48.2. The van der Waals surface area contributed by atoms with Crippen molar-refractivity contribution in [3.8, 4) is 0 Å². The van der Waals surface area contributed by atoms with Crippen LogP contribution in [-0.4, -0.2) is 36.9 Å². The number of carbonyl (C=O) groups excluding carboxylic acids is 2. The molecule has 0 aromatic carbocycles. The van der Waals surface area contributed by atoms with Crippen LogP contribution in [0.2, 0.25) is 0 Å². The Balaban J connectivity index is 4.12. The topological polar surface area (TPSA) is 84.2 Å². The van der Waals surface area contributed by atoms with Crippen molar-refractivity contribution in [2.45, 2.75) is 25.3 Å². The molecular formula is C7H11F4N3O2. The van der Waals surface area contributed by atoms with E-state index >= 15 is 0 Å². The van der Waals surface area contributed by atoms with Crippen LogP contribution >= 0.6 is 0 Å². The highest BCUT2D eigenvalue weighted by atomic mass is 19.3. The number of amides is 3. The standard InChI is InChI=1S/C7H11F4N3O2/c1-3(4(15)14-6(12)16)13-2-7(10,11)5(8)9/h3,5,13H,2H2,1H3,(H3,12,14,15,16). The first-order chi connectivity index (χ1) is 7.16. The molecule has 0 heterocycles. The van der Waals surface area contributed by atoms with Gasteiger partial charge in [-0.15, -0.1) is 0 Å². The molecule has 0 aliphatic carbocycles. The van der Waals surface area contributed by atoms with Crippen LogP contribution in [0, 0.1) is 0 Å². The minimum Gasteiger partial charge on any atom is -0.351 e. The number of halogens is 4. The van der Waals surface area contributed by atoms with E-state index in [1.807, 2.05) is 5.32 Å². The van der Waals surface area contributed by atoms with Gasteiger partial charge in [0.15, 0.2) is 0 Å². The third-order valence-electron chi connectivity index (χ3n) is 1.60. The summed E-state index contributed by atoms with van der Waals surface area (Å²) in [5.41, 5.74) is 4.59. The maximum absolute atomic E-state index is 12.4. The third kappa shape index (κ3) is 4.91. The first kappa shape index (κ1) is 14.6. The Morgan fingerprint density at radius 1 is 1.38 bits per heavy atom. The molecule has 16 heavy (non-hydrogen) atoms. The van der Waals surface area contributed by atoms with Crippen LogP contribution < -0.4 is 16.4 Å². The summed E-state index contributed by atoms with van der Waals surface area (Å²) in [5.74, 6) is -5.21. The molecule has 4 N–H and O–H groups in total. The number of nitrogens with two attached hydrogens (primary N) is 1. The maximum atomic E-state index is 12.4. The van der Waals surface area contributed by atoms with Gasteiger partial charge in [0, 0.05) is 0 Å². The molecule has 0 spiro atoms. The van der Waals surface area contributed by atoms with E-state index in [4.69, 9.17) is 0 Å². The second kappa shape index (κ2) is 5.64. The highest BCUT2D eigenvalue weighted by molar-refractivity contribution is 5.96. The Kier molecular flexibility index (Phi) is 5.15. The molecule has 0 aromatic rings. The van der Waals surface area contributed by atoms with Gasteiger partial charge in [0.05, 0.1) is 12.6 Å². The van der Waals surface area contributed by atoms with Gasteiger partial charge in [-0.05, 0) is 6.92 Å². The van der Waals surface area contributed by atoms with E-state index in [0.29, 0.717) is 0 Å². The van der Waals surface area contributed by atoms with Crippen molar-refractivity contribution in [3.05, 3.63) is 0 Å². The van der Waals surface area contributed by atoms with Gasteiger partial charge in [-0.2, -0.15) is 8.78 Å². The third-order valence-corrected chi connectivity index (χ3v) is 1.60. The molecule has 1 atom stereocenters. The van der Waals surface area contributed by atoms with Gasteiger partial charge in [-0.1, -0.05) is 0 Å². The number of hydrogen-bond acceptors (Lipinski definition) is 3. The Bertz CT molecular complexity index is 272. The number of hydrogen-bond donors (Lipinski definition) is 3. The number of primary amides is 1. The van der Waals surface area contributed by atoms with E-state index < -0.39 is 36.9 Å². The summed E-state index contributed by atoms with van der Waals surface area (Å²) in [7, 11) is 0. The largest absolute Gasteiger partial charge is 0.351 e. The summed E-state index contributed by atoms with van der Waals surface area (Å²) >= 11 is 0. The summed E-state index contributed by atoms with van der Waals surface area (Å²) in [6.45, 7) is -0.252. The lowest BCUT2D eigenvalue weighted by molar-refractivity contribution is -0.130. The first-order valence-corrected chi connectivity index (χ1v) is 4.16. The molecule has 0 radical (unpaired) electrons. The second-order valence-electron chi connectivity index (χ2n) is 3.02. The summed E-state index contributed by atoms with van der Waals surface area (Å²) in [6.07, 6.45) is -3.83. The van der Waals surface area contributed by atoms with Crippen molar-refractivity contribution < 1.29 is 27.2 Å². The van der Waals surface area contributed by atoms with Gasteiger partial charge >= 0.3 is 18.4 Å². The van der Waals surface area contributed by atoms with Crippen LogP contribution in [-0.2, 0) is 4.79 Å². The fraction of sp³-hybridized carbons (Fsp3) is 0.714. The predicted molar refractivity (Wildman–Crippen MR) is 46.1 cm³/mol. The maximum Gasteiger partial charge on any atom is 0.319 e. The number of carbonyl (C=O) groups is 2. The lowest BCUT2D eigenvalue weighted by Crippen LogP contribution is -2.50. The van der Waals surface area contributed by atoms with Crippen molar-refractivity contribution in [1.29, 1.82) is 0 Å². The SMILES string of the molecule is CC(NCC(F)(F)C(F)F)C(=O)NC(N)=O. The van der Waals surface area contributed by atoms with Crippen molar-refractivity contribution in [2.75, 3.05) is 6.54 Å². The van der Waals surface area contributed by atoms with E-state index in [1.54, 1.807) is 5.32 Å².